The summed E-state index contributed by atoms with van der Waals surface area (Å²) in [6, 6.07) is 45.5. The number of allylic oxidation sites excluding steroid dienone is 5. The highest BCUT2D eigenvalue weighted by atomic mass is 16.1. The number of hydrogen-bond donors (Lipinski definition) is 0. The van der Waals surface area contributed by atoms with Gasteiger partial charge in [0.2, 0.25) is 0 Å². The van der Waals surface area contributed by atoms with Crippen LogP contribution >= 0.6 is 0 Å². The summed E-state index contributed by atoms with van der Waals surface area (Å²) in [5.41, 5.74) is 17.4. The van der Waals surface area contributed by atoms with E-state index in [9.17, 15) is 4.79 Å². The quantitative estimate of drug-likeness (QED) is 0.186. The zero-order valence-corrected chi connectivity index (χ0v) is 30.2. The number of ketones is 1. The molecule has 52 heavy (non-hydrogen) atoms. The van der Waals surface area contributed by atoms with Gasteiger partial charge >= 0.3 is 0 Å². The molecule has 0 aromatic heterocycles. The second-order valence-corrected chi connectivity index (χ2v) is 15.5. The lowest BCUT2D eigenvalue weighted by Crippen LogP contribution is -2.20. The summed E-state index contributed by atoms with van der Waals surface area (Å²) in [7, 11) is 0. The van der Waals surface area contributed by atoms with Gasteiger partial charge in [-0.05, 0) is 109 Å². The maximum Gasteiger partial charge on any atom is 0.194 e. The maximum atomic E-state index is 13.7. The lowest BCUT2D eigenvalue weighted by atomic mass is 9.77. The minimum atomic E-state index is -0.127. The fraction of sp³-hybridized carbons (Fsp3) is 0.140. The van der Waals surface area contributed by atoms with E-state index in [4.69, 9.17) is 0 Å². The smallest absolute Gasteiger partial charge is 0.194 e. The number of hydrogen-bond acceptors (Lipinski definition) is 2. The number of rotatable bonds is 4. The lowest BCUT2D eigenvalue weighted by Gasteiger charge is -2.32. The van der Waals surface area contributed by atoms with Crippen molar-refractivity contribution in [1.29, 1.82) is 0 Å². The summed E-state index contributed by atoms with van der Waals surface area (Å²) in [5.74, 6) is 0.0964. The van der Waals surface area contributed by atoms with E-state index < -0.39 is 0 Å². The topological polar surface area (TPSA) is 20.3 Å². The Hall–Kier alpha value is -5.99. The lowest BCUT2D eigenvalue weighted by molar-refractivity contribution is 0.104. The van der Waals surface area contributed by atoms with Crippen LogP contribution in [0.25, 0.3) is 39.0 Å². The summed E-state index contributed by atoms with van der Waals surface area (Å²) < 4.78 is 0. The first-order valence-electron chi connectivity index (χ1n) is 18.2. The van der Waals surface area contributed by atoms with Crippen LogP contribution in [-0.2, 0) is 10.8 Å². The van der Waals surface area contributed by atoms with Crippen LogP contribution in [0.5, 0.6) is 0 Å². The minimum Gasteiger partial charge on any atom is -0.310 e. The van der Waals surface area contributed by atoms with E-state index in [1.165, 1.54) is 33.4 Å². The molecule has 6 aromatic rings. The molecule has 2 heteroatoms. The van der Waals surface area contributed by atoms with Crippen molar-refractivity contribution in [3.63, 3.8) is 0 Å². The Morgan fingerprint density at radius 2 is 1.13 bits per heavy atom. The van der Waals surface area contributed by atoms with Crippen LogP contribution in [0.15, 0.2) is 158 Å². The molecule has 0 saturated carbocycles. The Bertz CT molecular complexity index is 2520. The Labute approximate surface area is 307 Å². The SMILES string of the molecule is C=C1/C=C\C=C/CC(C)(C)c2cc(N(c3ccc(-c4cccc5c4C(=O)c4ccccc4-5)cc3)c3ccc4c(c3)C(C)(C)c3ccccc3-4)ccc21. The van der Waals surface area contributed by atoms with Gasteiger partial charge in [0.15, 0.2) is 5.78 Å². The molecule has 252 valence electrons. The predicted molar refractivity (Wildman–Crippen MR) is 218 cm³/mol. The molecule has 0 aliphatic heterocycles. The zero-order valence-electron chi connectivity index (χ0n) is 30.2. The van der Waals surface area contributed by atoms with Crippen molar-refractivity contribution in [2.24, 2.45) is 0 Å². The van der Waals surface area contributed by atoms with Crippen molar-refractivity contribution < 1.29 is 4.79 Å². The summed E-state index contributed by atoms with van der Waals surface area (Å²) in [4.78, 5) is 16.1. The highest BCUT2D eigenvalue weighted by Crippen LogP contribution is 2.51. The second kappa shape index (κ2) is 11.8. The Morgan fingerprint density at radius 3 is 1.90 bits per heavy atom. The van der Waals surface area contributed by atoms with Crippen molar-refractivity contribution in [2.75, 3.05) is 4.90 Å². The van der Waals surface area contributed by atoms with E-state index >= 15 is 0 Å². The molecule has 0 atom stereocenters. The second-order valence-electron chi connectivity index (χ2n) is 15.5. The van der Waals surface area contributed by atoms with Crippen LogP contribution in [0.3, 0.4) is 0 Å². The molecular weight excluding hydrogens is 631 g/mol. The van der Waals surface area contributed by atoms with Crippen LogP contribution in [0.1, 0.15) is 72.3 Å². The molecule has 0 unspecified atom stereocenters. The number of nitrogens with zero attached hydrogens (tertiary/aromatic N) is 1. The molecule has 0 heterocycles. The van der Waals surface area contributed by atoms with E-state index in [1.54, 1.807) is 0 Å². The van der Waals surface area contributed by atoms with Crippen LogP contribution in [0, 0.1) is 0 Å². The fourth-order valence-electron chi connectivity index (χ4n) is 8.71. The van der Waals surface area contributed by atoms with Crippen LogP contribution < -0.4 is 4.90 Å². The van der Waals surface area contributed by atoms with Crippen molar-refractivity contribution in [3.05, 3.63) is 192 Å². The molecule has 0 bridgehead atoms. The molecule has 0 spiro atoms. The van der Waals surface area contributed by atoms with E-state index in [0.717, 1.165) is 62.4 Å². The monoisotopic (exact) mass is 671 g/mol. The van der Waals surface area contributed by atoms with Crippen molar-refractivity contribution in [3.8, 4) is 33.4 Å². The predicted octanol–water partition coefficient (Wildman–Crippen LogP) is 13.1. The number of fused-ring (bicyclic) bond motifs is 7. The fourth-order valence-corrected chi connectivity index (χ4v) is 8.71. The first kappa shape index (κ1) is 32.0. The van der Waals surface area contributed by atoms with E-state index in [-0.39, 0.29) is 16.6 Å². The molecule has 2 nitrogen and oxygen atoms in total. The van der Waals surface area contributed by atoms with Gasteiger partial charge in [-0.2, -0.15) is 0 Å². The Kier molecular flexibility index (Phi) is 7.24. The molecule has 0 saturated heterocycles. The first-order valence-corrected chi connectivity index (χ1v) is 18.2. The van der Waals surface area contributed by atoms with Gasteiger partial charge in [0.1, 0.15) is 0 Å². The van der Waals surface area contributed by atoms with Crippen LogP contribution in [-0.4, -0.2) is 5.78 Å². The van der Waals surface area contributed by atoms with Crippen LogP contribution in [0.4, 0.5) is 17.1 Å². The Morgan fingerprint density at radius 1 is 0.538 bits per heavy atom. The highest BCUT2D eigenvalue weighted by Gasteiger charge is 2.36. The third-order valence-corrected chi connectivity index (χ3v) is 11.5. The molecule has 3 aliphatic rings. The van der Waals surface area contributed by atoms with E-state index in [0.29, 0.717) is 0 Å². The van der Waals surface area contributed by atoms with Gasteiger partial charge in [-0.1, -0.05) is 150 Å². The normalized spacial score (nSPS) is 17.1. The third-order valence-electron chi connectivity index (χ3n) is 11.5. The van der Waals surface area contributed by atoms with Gasteiger partial charge in [0, 0.05) is 33.6 Å². The van der Waals surface area contributed by atoms with Gasteiger partial charge in [-0.3, -0.25) is 4.79 Å². The van der Waals surface area contributed by atoms with E-state index in [2.05, 4.69) is 167 Å². The number of benzene rings is 6. The van der Waals surface area contributed by atoms with Gasteiger partial charge in [-0.15, -0.1) is 0 Å². The standard InChI is InChI=1S/C50H41NO/c1-32-14-7-6-12-29-49(2,3)45-30-35(25-27-37(32)45)51(36-26-28-41-40-16-10-11-20-44(40)50(4,5)46(41)31-36)34-23-21-33(22-24-34)38-18-13-19-42-39-15-8-9-17-43(39)48(52)47(38)42/h6-28,30-31H,1,29H2,2-5H3/b12-6-,14-7-. The maximum absolute atomic E-state index is 13.7. The average Bonchev–Trinajstić information content (AvgIpc) is 3.60. The Balaban J connectivity index is 1.20. The van der Waals surface area contributed by atoms with Crippen molar-refractivity contribution in [1.82, 2.24) is 0 Å². The van der Waals surface area contributed by atoms with Crippen molar-refractivity contribution in [2.45, 2.75) is 44.9 Å². The summed E-state index contributed by atoms with van der Waals surface area (Å²) in [6.07, 6.45) is 9.51. The summed E-state index contributed by atoms with van der Waals surface area (Å²) in [5, 5.41) is 0. The molecular formula is C50H41NO. The highest BCUT2D eigenvalue weighted by molar-refractivity contribution is 6.24. The van der Waals surface area contributed by atoms with E-state index in [1.807, 2.05) is 24.3 Å². The number of anilines is 3. The van der Waals surface area contributed by atoms with Gasteiger partial charge in [-0.25, -0.2) is 0 Å². The molecule has 9 rings (SSSR count). The number of carbonyl (C=O) groups is 1. The molecule has 6 aromatic carbocycles. The summed E-state index contributed by atoms with van der Waals surface area (Å²) in [6.45, 7) is 13.8. The molecule has 0 amide bonds. The minimum absolute atomic E-state index is 0.0964. The van der Waals surface area contributed by atoms with Gasteiger partial charge in [0.25, 0.3) is 0 Å². The first-order chi connectivity index (χ1) is 25.1. The van der Waals surface area contributed by atoms with Gasteiger partial charge < -0.3 is 4.90 Å². The molecule has 3 aliphatic carbocycles. The summed E-state index contributed by atoms with van der Waals surface area (Å²) >= 11 is 0. The largest absolute Gasteiger partial charge is 0.310 e. The number of carbonyl (C=O) groups excluding carboxylic acids is 1. The van der Waals surface area contributed by atoms with Crippen LogP contribution in [0.2, 0.25) is 0 Å². The molecule has 0 radical (unpaired) electrons. The van der Waals surface area contributed by atoms with Crippen molar-refractivity contribution >= 4 is 28.4 Å². The zero-order chi connectivity index (χ0) is 35.8. The van der Waals surface area contributed by atoms with Gasteiger partial charge in [0.05, 0.1) is 0 Å². The molecule has 0 N–H and O–H groups in total. The third kappa shape index (κ3) is 4.89. The molecule has 0 fully saturated rings. The average molecular weight is 672 g/mol.